The molecule has 1 aromatic carbocycles. The first-order valence-corrected chi connectivity index (χ1v) is 7.05. The number of thiocarbonyl (C=S) groups is 1. The fraction of sp³-hybridized carbons (Fsp3) is 0.417. The summed E-state index contributed by atoms with van der Waals surface area (Å²) in [5.41, 5.74) is 6.64. The Balaban J connectivity index is 2.24. The molecular formula is C12H18Cl2N4S. The third-order valence-corrected chi connectivity index (χ3v) is 3.29. The molecular weight excluding hydrogens is 303 g/mol. The first kappa shape index (κ1) is 16.3. The predicted octanol–water partition coefficient (Wildman–Crippen LogP) is 2.74. The minimum absolute atomic E-state index is 0.498. The summed E-state index contributed by atoms with van der Waals surface area (Å²) in [6.45, 7) is 1.85. The van der Waals surface area contributed by atoms with E-state index < -0.39 is 0 Å². The van der Waals surface area contributed by atoms with Crippen molar-refractivity contribution < 1.29 is 0 Å². The smallest absolute Gasteiger partial charge is 0.185 e. The zero-order valence-corrected chi connectivity index (χ0v) is 13.3. The Morgan fingerprint density at radius 2 is 2.00 bits per heavy atom. The van der Waals surface area contributed by atoms with Crippen LogP contribution in [-0.4, -0.2) is 37.2 Å². The molecule has 0 unspecified atom stereocenters. The monoisotopic (exact) mass is 320 g/mol. The summed E-state index contributed by atoms with van der Waals surface area (Å²) in [4.78, 5) is 2.13. The molecule has 4 nitrogen and oxygen atoms in total. The SMILES string of the molecule is CN(C)CCCNC(=S)NNc1ccc(Cl)c(Cl)c1. The average molecular weight is 321 g/mol. The van der Waals surface area contributed by atoms with Gasteiger partial charge >= 0.3 is 0 Å². The third kappa shape index (κ3) is 6.82. The first-order valence-electron chi connectivity index (χ1n) is 5.88. The Hall–Kier alpha value is -0.750. The van der Waals surface area contributed by atoms with Crippen LogP contribution in [-0.2, 0) is 0 Å². The van der Waals surface area contributed by atoms with Crippen LogP contribution in [0.5, 0.6) is 0 Å². The molecule has 0 atom stereocenters. The Morgan fingerprint density at radius 1 is 1.26 bits per heavy atom. The third-order valence-electron chi connectivity index (χ3n) is 2.31. The second kappa shape index (κ2) is 8.43. The van der Waals surface area contributed by atoms with Crippen molar-refractivity contribution in [3.63, 3.8) is 0 Å². The van der Waals surface area contributed by atoms with Gasteiger partial charge < -0.3 is 10.2 Å². The Morgan fingerprint density at radius 3 is 2.63 bits per heavy atom. The molecule has 106 valence electrons. The lowest BCUT2D eigenvalue weighted by Crippen LogP contribution is -2.39. The predicted molar refractivity (Wildman–Crippen MR) is 87.0 cm³/mol. The molecule has 0 aliphatic heterocycles. The quantitative estimate of drug-likeness (QED) is 0.427. The fourth-order valence-corrected chi connectivity index (χ4v) is 1.80. The van der Waals surface area contributed by atoms with Crippen molar-refractivity contribution in [2.75, 3.05) is 32.6 Å². The van der Waals surface area contributed by atoms with Crippen LogP contribution in [0.1, 0.15) is 6.42 Å². The first-order chi connectivity index (χ1) is 8.99. The van der Waals surface area contributed by atoms with Gasteiger partial charge in [-0.15, -0.1) is 0 Å². The topological polar surface area (TPSA) is 39.3 Å². The van der Waals surface area contributed by atoms with Crippen molar-refractivity contribution in [3.05, 3.63) is 28.2 Å². The number of hydrazine groups is 1. The highest BCUT2D eigenvalue weighted by Gasteiger charge is 2.00. The second-order valence-electron chi connectivity index (χ2n) is 4.29. The second-order valence-corrected chi connectivity index (χ2v) is 5.51. The Labute approximate surface area is 129 Å². The molecule has 0 radical (unpaired) electrons. The van der Waals surface area contributed by atoms with Crippen molar-refractivity contribution in [3.8, 4) is 0 Å². The van der Waals surface area contributed by atoms with E-state index in [1.54, 1.807) is 12.1 Å². The molecule has 1 aromatic rings. The van der Waals surface area contributed by atoms with E-state index in [0.29, 0.717) is 15.2 Å². The zero-order chi connectivity index (χ0) is 14.3. The molecule has 3 N–H and O–H groups in total. The molecule has 0 bridgehead atoms. The summed E-state index contributed by atoms with van der Waals surface area (Å²) in [5.74, 6) is 0. The van der Waals surface area contributed by atoms with Gasteiger partial charge in [0.2, 0.25) is 0 Å². The van der Waals surface area contributed by atoms with E-state index in [2.05, 4.69) is 21.1 Å². The highest BCUT2D eigenvalue weighted by atomic mass is 35.5. The molecule has 0 spiro atoms. The van der Waals surface area contributed by atoms with E-state index in [0.717, 1.165) is 25.2 Å². The molecule has 0 aliphatic carbocycles. The molecule has 1 rings (SSSR count). The largest absolute Gasteiger partial charge is 0.361 e. The standard InChI is InChI=1S/C12H18Cl2N4S/c1-18(2)7-3-6-15-12(19)17-16-9-4-5-10(13)11(14)8-9/h4-5,8,16H,3,6-7H2,1-2H3,(H2,15,17,19). The van der Waals surface area contributed by atoms with Crippen LogP contribution >= 0.6 is 35.4 Å². The maximum atomic E-state index is 5.91. The van der Waals surface area contributed by atoms with Gasteiger partial charge in [0, 0.05) is 6.54 Å². The number of halogens is 2. The molecule has 0 aromatic heterocycles. The Kier molecular flexibility index (Phi) is 7.23. The number of hydrogen-bond acceptors (Lipinski definition) is 3. The number of anilines is 1. The van der Waals surface area contributed by atoms with Crippen LogP contribution in [0.25, 0.3) is 0 Å². The van der Waals surface area contributed by atoms with Crippen molar-refractivity contribution in [2.24, 2.45) is 0 Å². The average Bonchev–Trinajstić information content (AvgIpc) is 2.36. The summed E-state index contributed by atoms with van der Waals surface area (Å²) < 4.78 is 0. The van der Waals surface area contributed by atoms with Gasteiger partial charge in [0.05, 0.1) is 15.7 Å². The van der Waals surface area contributed by atoms with Crippen molar-refractivity contribution >= 4 is 46.2 Å². The molecule has 7 heteroatoms. The van der Waals surface area contributed by atoms with Crippen LogP contribution in [0.4, 0.5) is 5.69 Å². The van der Waals surface area contributed by atoms with Crippen molar-refractivity contribution in [2.45, 2.75) is 6.42 Å². The fourth-order valence-electron chi connectivity index (χ4n) is 1.34. The lowest BCUT2D eigenvalue weighted by molar-refractivity contribution is 0.400. The van der Waals surface area contributed by atoms with Crippen molar-refractivity contribution in [1.82, 2.24) is 15.6 Å². The lowest BCUT2D eigenvalue weighted by Gasteiger charge is -2.14. The molecule has 0 saturated carbocycles. The summed E-state index contributed by atoms with van der Waals surface area (Å²) >= 11 is 16.9. The maximum absolute atomic E-state index is 5.91. The molecule has 19 heavy (non-hydrogen) atoms. The van der Waals surface area contributed by atoms with Gasteiger partial charge in [-0.1, -0.05) is 23.2 Å². The Bertz CT molecular complexity index is 426. The molecule has 0 amide bonds. The minimum Gasteiger partial charge on any atom is -0.361 e. The van der Waals surface area contributed by atoms with Gasteiger partial charge in [0.1, 0.15) is 0 Å². The maximum Gasteiger partial charge on any atom is 0.185 e. The zero-order valence-electron chi connectivity index (χ0n) is 11.0. The number of hydrogen-bond donors (Lipinski definition) is 3. The number of nitrogens with zero attached hydrogens (tertiary/aromatic N) is 1. The van der Waals surface area contributed by atoms with Gasteiger partial charge in [-0.2, -0.15) is 0 Å². The van der Waals surface area contributed by atoms with Gasteiger partial charge in [-0.25, -0.2) is 0 Å². The highest BCUT2D eigenvalue weighted by molar-refractivity contribution is 7.80. The highest BCUT2D eigenvalue weighted by Crippen LogP contribution is 2.24. The molecule has 0 aliphatic rings. The summed E-state index contributed by atoms with van der Waals surface area (Å²) in [6, 6.07) is 5.27. The van der Waals surface area contributed by atoms with Gasteiger partial charge in [0.15, 0.2) is 5.11 Å². The molecule has 0 heterocycles. The lowest BCUT2D eigenvalue weighted by atomic mass is 10.3. The van der Waals surface area contributed by atoms with E-state index in [-0.39, 0.29) is 0 Å². The van der Waals surface area contributed by atoms with Gasteiger partial charge in [-0.05, 0) is 57.5 Å². The van der Waals surface area contributed by atoms with Gasteiger partial charge in [0.25, 0.3) is 0 Å². The summed E-state index contributed by atoms with van der Waals surface area (Å²) in [7, 11) is 4.09. The number of benzene rings is 1. The van der Waals surface area contributed by atoms with E-state index in [9.17, 15) is 0 Å². The summed E-state index contributed by atoms with van der Waals surface area (Å²) in [5, 5.41) is 4.68. The number of rotatable bonds is 6. The van der Waals surface area contributed by atoms with Gasteiger partial charge in [-0.3, -0.25) is 10.9 Å². The summed E-state index contributed by atoms with van der Waals surface area (Å²) in [6.07, 6.45) is 1.03. The van der Waals surface area contributed by atoms with Crippen LogP contribution in [0.2, 0.25) is 10.0 Å². The van der Waals surface area contributed by atoms with Crippen molar-refractivity contribution in [1.29, 1.82) is 0 Å². The van der Waals surface area contributed by atoms with E-state index in [4.69, 9.17) is 35.4 Å². The van der Waals surface area contributed by atoms with Crippen LogP contribution in [0, 0.1) is 0 Å². The van der Waals surface area contributed by atoms with E-state index in [1.165, 1.54) is 0 Å². The van der Waals surface area contributed by atoms with Crippen LogP contribution in [0.15, 0.2) is 18.2 Å². The molecule has 0 saturated heterocycles. The van der Waals surface area contributed by atoms with Crippen LogP contribution < -0.4 is 16.2 Å². The van der Waals surface area contributed by atoms with E-state index >= 15 is 0 Å². The number of nitrogens with one attached hydrogen (secondary N) is 3. The molecule has 0 fully saturated rings. The van der Waals surface area contributed by atoms with E-state index in [1.807, 2.05) is 20.2 Å². The minimum atomic E-state index is 0.498. The van der Waals surface area contributed by atoms with Crippen LogP contribution in [0.3, 0.4) is 0 Å². The normalized spacial score (nSPS) is 10.4.